The van der Waals surface area contributed by atoms with Gasteiger partial charge in [0.2, 0.25) is 0 Å². The monoisotopic (exact) mass is 468 g/mol. The molecule has 0 aliphatic rings. The number of benzene rings is 2. The van der Waals surface area contributed by atoms with Crippen LogP contribution in [-0.2, 0) is 17.8 Å². The third-order valence-corrected chi connectivity index (χ3v) is 5.90. The minimum absolute atomic E-state index is 0.158. The Bertz CT molecular complexity index is 1090. The number of halogens is 1. The van der Waals surface area contributed by atoms with Crippen LogP contribution < -0.4 is 0 Å². The summed E-state index contributed by atoms with van der Waals surface area (Å²) < 4.78 is 16.0. The molecule has 2 aromatic carbocycles. The first kappa shape index (κ1) is 25.6. The van der Waals surface area contributed by atoms with Crippen molar-refractivity contribution in [1.82, 2.24) is 9.63 Å². The Hall–Kier alpha value is -3.00. The first-order chi connectivity index (χ1) is 16.2. The molecule has 0 saturated heterocycles. The van der Waals surface area contributed by atoms with Crippen molar-refractivity contribution in [2.45, 2.75) is 52.2 Å². The number of carbonyl (C=O) groups is 1. The van der Waals surface area contributed by atoms with Gasteiger partial charge in [0.05, 0.1) is 24.8 Å². The van der Waals surface area contributed by atoms with E-state index in [-0.39, 0.29) is 24.8 Å². The molecular formula is C27H33FN2O4. The van der Waals surface area contributed by atoms with Gasteiger partial charge in [0.15, 0.2) is 0 Å². The van der Waals surface area contributed by atoms with Crippen molar-refractivity contribution in [3.8, 4) is 22.4 Å². The molecule has 0 fully saturated rings. The van der Waals surface area contributed by atoms with Gasteiger partial charge in [0.1, 0.15) is 5.82 Å². The molecule has 3 aromatic rings. The molecule has 0 amide bonds. The predicted molar refractivity (Wildman–Crippen MR) is 130 cm³/mol. The van der Waals surface area contributed by atoms with E-state index in [1.807, 2.05) is 18.2 Å². The van der Waals surface area contributed by atoms with E-state index >= 15 is 0 Å². The zero-order valence-corrected chi connectivity index (χ0v) is 19.9. The van der Waals surface area contributed by atoms with Crippen LogP contribution in [0.15, 0.2) is 54.6 Å². The predicted octanol–water partition coefficient (Wildman–Crippen LogP) is 5.17. The van der Waals surface area contributed by atoms with Crippen LogP contribution in [0.3, 0.4) is 0 Å². The average Bonchev–Trinajstić information content (AvgIpc) is 3.12. The van der Waals surface area contributed by atoms with Gasteiger partial charge in [-0.15, -0.1) is 0 Å². The Kier molecular flexibility index (Phi) is 8.61. The highest BCUT2D eigenvalue weighted by Crippen LogP contribution is 2.42. The van der Waals surface area contributed by atoms with Crippen LogP contribution in [0.1, 0.15) is 44.4 Å². The van der Waals surface area contributed by atoms with Crippen LogP contribution in [0.2, 0.25) is 0 Å². The minimum atomic E-state index is -1.16. The van der Waals surface area contributed by atoms with E-state index in [4.69, 9.17) is 5.11 Å². The molecule has 1 heterocycles. The number of rotatable bonds is 11. The lowest BCUT2D eigenvalue weighted by Gasteiger charge is -2.19. The molecule has 1 unspecified atom stereocenters. The normalized spacial score (nSPS) is 12.5. The number of hydroxylamine groups is 2. The van der Waals surface area contributed by atoms with Crippen molar-refractivity contribution < 1.29 is 24.6 Å². The summed E-state index contributed by atoms with van der Waals surface area (Å²) in [7, 11) is 0. The van der Waals surface area contributed by atoms with Crippen molar-refractivity contribution in [1.29, 1.82) is 0 Å². The zero-order valence-electron chi connectivity index (χ0n) is 19.9. The number of aliphatic carboxylic acids is 1. The second-order valence-corrected chi connectivity index (χ2v) is 8.77. The van der Waals surface area contributed by atoms with Gasteiger partial charge in [-0.1, -0.05) is 56.3 Å². The number of aliphatic hydroxyl groups excluding tert-OH is 1. The second kappa shape index (κ2) is 11.4. The molecule has 0 bridgehead atoms. The number of aliphatic hydroxyl groups is 1. The molecular weight excluding hydrogens is 435 g/mol. The maximum atomic E-state index is 13.8. The maximum absolute atomic E-state index is 13.8. The van der Waals surface area contributed by atoms with E-state index in [0.29, 0.717) is 6.42 Å². The Morgan fingerprint density at radius 2 is 1.71 bits per heavy atom. The van der Waals surface area contributed by atoms with Crippen molar-refractivity contribution >= 4 is 5.97 Å². The standard InChI is InChI=1S/C27H33FN2O4/c1-4-30-26(18(2)3)23(14-15-29(34)17-22(31)16-24(32)33)25(19-10-12-21(28)13-11-19)27(30)20-8-6-5-7-9-20/h5-13,18,22,31,34H,4,14-17H2,1-3H3,(H,32,33). The average molecular weight is 469 g/mol. The van der Waals surface area contributed by atoms with E-state index in [1.165, 1.54) is 12.1 Å². The number of carboxylic acids is 1. The molecule has 7 heteroatoms. The quantitative estimate of drug-likeness (QED) is 0.338. The largest absolute Gasteiger partial charge is 0.481 e. The van der Waals surface area contributed by atoms with Crippen molar-refractivity contribution in [2.75, 3.05) is 13.1 Å². The third-order valence-electron chi connectivity index (χ3n) is 5.90. The molecule has 182 valence electrons. The highest BCUT2D eigenvalue weighted by molar-refractivity contribution is 5.86. The topological polar surface area (TPSA) is 85.9 Å². The Morgan fingerprint density at radius 1 is 1.06 bits per heavy atom. The van der Waals surface area contributed by atoms with Gasteiger partial charge in [-0.25, -0.2) is 4.39 Å². The van der Waals surface area contributed by atoms with Crippen molar-refractivity contribution in [3.63, 3.8) is 0 Å². The molecule has 1 atom stereocenters. The van der Waals surface area contributed by atoms with Crippen LogP contribution >= 0.6 is 0 Å². The Balaban J connectivity index is 2.10. The smallest absolute Gasteiger partial charge is 0.306 e. The van der Waals surface area contributed by atoms with Gasteiger partial charge in [0.25, 0.3) is 0 Å². The Labute approximate surface area is 199 Å². The molecule has 1 aromatic heterocycles. The number of hydrogen-bond donors (Lipinski definition) is 3. The molecule has 3 rings (SSSR count). The lowest BCUT2D eigenvalue weighted by atomic mass is 9.93. The first-order valence-electron chi connectivity index (χ1n) is 11.6. The summed E-state index contributed by atoms with van der Waals surface area (Å²) in [5.74, 6) is -1.23. The summed E-state index contributed by atoms with van der Waals surface area (Å²) in [6.45, 7) is 7.15. The van der Waals surface area contributed by atoms with E-state index in [2.05, 4.69) is 37.5 Å². The first-order valence-corrected chi connectivity index (χ1v) is 11.6. The summed E-state index contributed by atoms with van der Waals surface area (Å²) in [5.41, 5.74) is 6.17. The minimum Gasteiger partial charge on any atom is -0.481 e. The molecule has 0 spiro atoms. The van der Waals surface area contributed by atoms with Crippen molar-refractivity contribution in [2.24, 2.45) is 0 Å². The molecule has 0 saturated carbocycles. The van der Waals surface area contributed by atoms with Gasteiger partial charge in [0, 0.05) is 24.3 Å². The van der Waals surface area contributed by atoms with E-state index in [9.17, 15) is 19.5 Å². The summed E-state index contributed by atoms with van der Waals surface area (Å²) in [5, 5.41) is 30.1. The van der Waals surface area contributed by atoms with Crippen molar-refractivity contribution in [3.05, 3.63) is 71.7 Å². The molecule has 34 heavy (non-hydrogen) atoms. The van der Waals surface area contributed by atoms with Crippen LogP contribution in [0.5, 0.6) is 0 Å². The maximum Gasteiger partial charge on any atom is 0.306 e. The Morgan fingerprint density at radius 3 is 2.26 bits per heavy atom. The van der Waals surface area contributed by atoms with Crippen LogP contribution in [0.4, 0.5) is 4.39 Å². The van der Waals surface area contributed by atoms with Crippen LogP contribution in [0, 0.1) is 5.82 Å². The lowest BCUT2D eigenvalue weighted by Crippen LogP contribution is -2.32. The fourth-order valence-corrected chi connectivity index (χ4v) is 4.60. The molecule has 3 N–H and O–H groups in total. The number of nitrogens with zero attached hydrogens (tertiary/aromatic N) is 2. The van der Waals surface area contributed by atoms with Gasteiger partial charge >= 0.3 is 5.97 Å². The van der Waals surface area contributed by atoms with Crippen LogP contribution in [0.25, 0.3) is 22.4 Å². The SMILES string of the molecule is CCn1c(-c2ccccc2)c(-c2ccc(F)cc2)c(CCN(O)CC(O)CC(=O)O)c1C(C)C. The summed E-state index contributed by atoms with van der Waals surface area (Å²) in [6.07, 6.45) is -1.12. The fourth-order valence-electron chi connectivity index (χ4n) is 4.60. The van der Waals surface area contributed by atoms with Gasteiger partial charge in [-0.05, 0) is 48.1 Å². The summed E-state index contributed by atoms with van der Waals surface area (Å²) in [6, 6.07) is 16.5. The summed E-state index contributed by atoms with van der Waals surface area (Å²) in [4.78, 5) is 10.8. The van der Waals surface area contributed by atoms with Crippen LogP contribution in [-0.4, -0.2) is 50.2 Å². The zero-order chi connectivity index (χ0) is 24.8. The van der Waals surface area contributed by atoms with Gasteiger partial charge in [-0.3, -0.25) is 4.79 Å². The lowest BCUT2D eigenvalue weighted by molar-refractivity contribution is -0.143. The highest BCUT2D eigenvalue weighted by Gasteiger charge is 2.26. The highest BCUT2D eigenvalue weighted by atomic mass is 19.1. The third kappa shape index (κ3) is 5.91. The number of hydrogen-bond acceptors (Lipinski definition) is 4. The molecule has 0 aliphatic carbocycles. The summed E-state index contributed by atoms with van der Waals surface area (Å²) >= 11 is 0. The number of carboxylic acid groups (broad SMARTS) is 1. The molecule has 6 nitrogen and oxygen atoms in total. The van der Waals surface area contributed by atoms with Gasteiger partial charge < -0.3 is 20.0 Å². The molecule has 0 aliphatic heterocycles. The molecule has 0 radical (unpaired) electrons. The van der Waals surface area contributed by atoms with E-state index in [1.54, 1.807) is 12.1 Å². The van der Waals surface area contributed by atoms with Gasteiger partial charge in [-0.2, -0.15) is 5.06 Å². The van der Waals surface area contributed by atoms with E-state index in [0.717, 1.165) is 45.2 Å². The fraction of sp³-hybridized carbons (Fsp3) is 0.370. The van der Waals surface area contributed by atoms with E-state index < -0.39 is 18.5 Å². The second-order valence-electron chi connectivity index (χ2n) is 8.77. The number of aromatic nitrogens is 1.